The summed E-state index contributed by atoms with van der Waals surface area (Å²) in [5.41, 5.74) is 1.32. The number of nitrogens with zero attached hydrogens (tertiary/aromatic N) is 1. The molecule has 0 radical (unpaired) electrons. The Labute approximate surface area is 205 Å². The lowest BCUT2D eigenvalue weighted by atomic mass is 10.1. The highest BCUT2D eigenvalue weighted by atomic mass is 32.2. The van der Waals surface area contributed by atoms with Crippen LogP contribution in [0.5, 0.6) is 5.75 Å². The minimum atomic E-state index is -0.600. The Kier molecular flexibility index (Phi) is 6.05. The zero-order chi connectivity index (χ0) is 23.7. The topological polar surface area (TPSA) is 87.7 Å². The van der Waals surface area contributed by atoms with Crippen molar-refractivity contribution < 1.29 is 19.1 Å². The van der Waals surface area contributed by atoms with Crippen molar-refractivity contribution in [3.63, 3.8) is 0 Å². The number of carbonyl (C=O) groups excluding carboxylic acids is 3. The predicted molar refractivity (Wildman–Crippen MR) is 134 cm³/mol. The maximum Gasteiger partial charge on any atom is 0.257 e. The first-order valence-electron chi connectivity index (χ1n) is 10.9. The molecule has 3 aromatic rings. The van der Waals surface area contributed by atoms with Gasteiger partial charge in [0, 0.05) is 28.8 Å². The molecular weight excluding hydrogens is 470 g/mol. The fourth-order valence-corrected chi connectivity index (χ4v) is 7.21. The van der Waals surface area contributed by atoms with Gasteiger partial charge in [0.25, 0.3) is 5.91 Å². The van der Waals surface area contributed by atoms with E-state index in [9.17, 15) is 14.4 Å². The Morgan fingerprint density at radius 2 is 1.94 bits per heavy atom. The minimum absolute atomic E-state index is 0.0115. The first-order valence-corrected chi connectivity index (χ1v) is 12.7. The molecule has 7 nitrogen and oxygen atoms in total. The van der Waals surface area contributed by atoms with Crippen LogP contribution in [-0.2, 0) is 14.5 Å². The number of para-hydroxylation sites is 1. The van der Waals surface area contributed by atoms with Gasteiger partial charge in [-0.2, -0.15) is 0 Å². The first-order chi connectivity index (χ1) is 16.5. The zero-order valence-electron chi connectivity index (χ0n) is 18.4. The lowest BCUT2D eigenvalue weighted by Crippen LogP contribution is -2.47. The van der Waals surface area contributed by atoms with Crippen molar-refractivity contribution in [3.8, 4) is 5.75 Å². The summed E-state index contributed by atoms with van der Waals surface area (Å²) in [5.74, 6) is 0.483. The molecule has 2 fully saturated rings. The van der Waals surface area contributed by atoms with E-state index in [4.69, 9.17) is 4.74 Å². The predicted octanol–water partition coefficient (Wildman–Crippen LogP) is 4.54. The molecule has 0 saturated carbocycles. The molecule has 0 spiro atoms. The van der Waals surface area contributed by atoms with Gasteiger partial charge in [-0.05, 0) is 42.1 Å². The second kappa shape index (κ2) is 9.15. The molecule has 3 amide bonds. The average molecular weight is 494 g/mol. The number of methoxy groups -OCH3 is 1. The number of amides is 3. The Balaban J connectivity index is 1.36. The minimum Gasteiger partial charge on any atom is -0.497 e. The van der Waals surface area contributed by atoms with E-state index in [1.165, 1.54) is 0 Å². The Hall–Kier alpha value is -3.30. The van der Waals surface area contributed by atoms with Crippen LogP contribution in [0.2, 0.25) is 0 Å². The quantitative estimate of drug-likeness (QED) is 0.527. The summed E-state index contributed by atoms with van der Waals surface area (Å²) >= 11 is 3.26. The van der Waals surface area contributed by atoms with Crippen molar-refractivity contribution in [2.45, 2.75) is 23.8 Å². The van der Waals surface area contributed by atoms with Gasteiger partial charge in [-0.1, -0.05) is 24.3 Å². The van der Waals surface area contributed by atoms with Crippen molar-refractivity contribution >= 4 is 52.2 Å². The SMILES string of the molecule is COc1cccc(NC(=O)c2ccccc2NC(=O)[C@H]2CS[C@]3(c4cccs4)CCC(=O)N23)c1. The number of benzene rings is 2. The average Bonchev–Trinajstić information content (AvgIpc) is 3.58. The molecule has 5 rings (SSSR count). The van der Waals surface area contributed by atoms with Crippen LogP contribution in [0.15, 0.2) is 66.0 Å². The van der Waals surface area contributed by atoms with Gasteiger partial charge >= 0.3 is 0 Å². The molecule has 2 atom stereocenters. The molecule has 34 heavy (non-hydrogen) atoms. The van der Waals surface area contributed by atoms with Crippen LogP contribution in [0.3, 0.4) is 0 Å². The van der Waals surface area contributed by atoms with E-state index in [0.29, 0.717) is 41.3 Å². The third kappa shape index (κ3) is 3.95. The second-order valence-corrected chi connectivity index (χ2v) is 10.3. The van der Waals surface area contributed by atoms with Crippen LogP contribution in [0.25, 0.3) is 0 Å². The van der Waals surface area contributed by atoms with Gasteiger partial charge < -0.3 is 20.3 Å². The molecule has 3 heterocycles. The molecule has 0 unspecified atom stereocenters. The van der Waals surface area contributed by atoms with E-state index in [0.717, 1.165) is 4.88 Å². The van der Waals surface area contributed by atoms with Gasteiger partial charge in [-0.15, -0.1) is 23.1 Å². The number of hydrogen-bond acceptors (Lipinski definition) is 6. The number of nitrogens with one attached hydrogen (secondary N) is 2. The summed E-state index contributed by atoms with van der Waals surface area (Å²) in [4.78, 5) is 41.6. The molecular formula is C25H23N3O4S2. The maximum atomic E-state index is 13.4. The van der Waals surface area contributed by atoms with Gasteiger partial charge in [0.1, 0.15) is 16.7 Å². The van der Waals surface area contributed by atoms with Gasteiger partial charge in [0.2, 0.25) is 11.8 Å². The molecule has 2 aliphatic rings. The number of anilines is 2. The summed E-state index contributed by atoms with van der Waals surface area (Å²) in [6, 6.07) is 17.3. The van der Waals surface area contributed by atoms with Crippen LogP contribution in [0.4, 0.5) is 11.4 Å². The number of fused-ring (bicyclic) bond motifs is 1. The van der Waals surface area contributed by atoms with Crippen molar-refractivity contribution in [1.29, 1.82) is 0 Å². The third-order valence-corrected chi connectivity index (χ3v) is 8.82. The number of ether oxygens (including phenoxy) is 1. The summed E-state index contributed by atoms with van der Waals surface area (Å²) < 4.78 is 5.21. The van der Waals surface area contributed by atoms with Gasteiger partial charge in [-0.3, -0.25) is 14.4 Å². The fraction of sp³-hybridized carbons (Fsp3) is 0.240. The molecule has 9 heteroatoms. The summed E-state index contributed by atoms with van der Waals surface area (Å²) in [6.45, 7) is 0. The van der Waals surface area contributed by atoms with E-state index in [1.54, 1.807) is 83.6 Å². The molecule has 174 valence electrons. The largest absolute Gasteiger partial charge is 0.497 e. The fourth-order valence-electron chi connectivity index (χ4n) is 4.49. The van der Waals surface area contributed by atoms with E-state index in [2.05, 4.69) is 10.6 Å². The highest BCUT2D eigenvalue weighted by Crippen LogP contribution is 2.55. The number of hydrogen-bond donors (Lipinski definition) is 2. The van der Waals surface area contributed by atoms with Gasteiger partial charge in [-0.25, -0.2) is 0 Å². The van der Waals surface area contributed by atoms with Crippen molar-refractivity contribution in [1.82, 2.24) is 4.90 Å². The van der Waals surface area contributed by atoms with Crippen LogP contribution < -0.4 is 15.4 Å². The summed E-state index contributed by atoms with van der Waals surface area (Å²) in [5, 5.41) is 7.75. The van der Waals surface area contributed by atoms with Crippen molar-refractivity contribution in [2.24, 2.45) is 0 Å². The van der Waals surface area contributed by atoms with Crippen LogP contribution in [-0.4, -0.2) is 41.5 Å². The number of thioether (sulfide) groups is 1. The Bertz CT molecular complexity index is 1250. The first kappa shape index (κ1) is 22.5. The second-order valence-electron chi connectivity index (χ2n) is 8.07. The lowest BCUT2D eigenvalue weighted by Gasteiger charge is -2.32. The third-order valence-electron chi connectivity index (χ3n) is 6.09. The number of carbonyl (C=O) groups is 3. The number of rotatable bonds is 6. The van der Waals surface area contributed by atoms with E-state index < -0.39 is 10.9 Å². The molecule has 0 bridgehead atoms. The normalized spacial score (nSPS) is 21.3. The lowest BCUT2D eigenvalue weighted by molar-refractivity contribution is -0.136. The molecule has 2 saturated heterocycles. The van der Waals surface area contributed by atoms with E-state index in [-0.39, 0.29) is 17.7 Å². The Morgan fingerprint density at radius 1 is 1.09 bits per heavy atom. The smallest absolute Gasteiger partial charge is 0.257 e. The van der Waals surface area contributed by atoms with Crippen LogP contribution in [0, 0.1) is 0 Å². The van der Waals surface area contributed by atoms with Crippen LogP contribution in [0.1, 0.15) is 28.1 Å². The molecule has 0 aliphatic carbocycles. The molecule has 2 aliphatic heterocycles. The van der Waals surface area contributed by atoms with Gasteiger partial charge in [0.15, 0.2) is 0 Å². The molecule has 2 aromatic carbocycles. The highest BCUT2D eigenvalue weighted by Gasteiger charge is 2.57. The van der Waals surface area contributed by atoms with E-state index in [1.807, 2.05) is 17.5 Å². The zero-order valence-corrected chi connectivity index (χ0v) is 20.1. The van der Waals surface area contributed by atoms with E-state index >= 15 is 0 Å². The standard InChI is InChI=1S/C25H23N3O4S2/c1-32-17-7-4-6-16(14-17)26-23(30)18-8-2-3-9-19(18)27-24(31)20-15-34-25(21-10-5-13-33-21)12-11-22(29)28(20)25/h2-10,13-14,20H,11-12,15H2,1H3,(H,26,30)(H,27,31)/t20-,25+/m1/s1. The summed E-state index contributed by atoms with van der Waals surface area (Å²) in [7, 11) is 1.56. The van der Waals surface area contributed by atoms with Gasteiger partial charge in [0.05, 0.1) is 18.4 Å². The molecule has 2 N–H and O–H groups in total. The van der Waals surface area contributed by atoms with Crippen molar-refractivity contribution in [3.05, 3.63) is 76.5 Å². The Morgan fingerprint density at radius 3 is 2.74 bits per heavy atom. The molecule has 1 aromatic heterocycles. The van der Waals surface area contributed by atoms with Crippen LogP contribution >= 0.6 is 23.1 Å². The number of thiophene rings is 1. The van der Waals surface area contributed by atoms with Crippen molar-refractivity contribution in [2.75, 3.05) is 23.5 Å². The monoisotopic (exact) mass is 493 g/mol. The summed E-state index contributed by atoms with van der Waals surface area (Å²) in [6.07, 6.45) is 1.12. The highest BCUT2D eigenvalue weighted by molar-refractivity contribution is 8.00. The maximum absolute atomic E-state index is 13.4.